The first-order valence-electron chi connectivity index (χ1n) is 9.64. The molecule has 0 fully saturated rings. The fourth-order valence-corrected chi connectivity index (χ4v) is 4.19. The molecule has 32 heavy (non-hydrogen) atoms. The topological polar surface area (TPSA) is 91.4 Å². The third kappa shape index (κ3) is 5.40. The average Bonchev–Trinajstić information content (AvgIpc) is 3.10. The van der Waals surface area contributed by atoms with Crippen LogP contribution in [0.3, 0.4) is 0 Å². The number of H-pyrrole nitrogens is 1. The summed E-state index contributed by atoms with van der Waals surface area (Å²) in [5.41, 5.74) is -0.0421. The highest BCUT2D eigenvalue weighted by atomic mass is 32.2. The van der Waals surface area contributed by atoms with Crippen LogP contribution in [-0.4, -0.2) is 37.7 Å². The Balaban J connectivity index is 2.13. The number of sulfonamides is 1. The Bertz CT molecular complexity index is 1210. The van der Waals surface area contributed by atoms with Crippen molar-refractivity contribution in [1.29, 1.82) is 0 Å². The molecule has 0 aliphatic heterocycles. The van der Waals surface area contributed by atoms with Crippen LogP contribution in [0.5, 0.6) is 0 Å². The normalized spacial score (nSPS) is 14.5. The first-order chi connectivity index (χ1) is 14.9. The summed E-state index contributed by atoms with van der Waals surface area (Å²) in [7, 11) is -3.58. The van der Waals surface area contributed by atoms with Crippen LogP contribution in [0.15, 0.2) is 42.6 Å². The van der Waals surface area contributed by atoms with Crippen LogP contribution >= 0.6 is 0 Å². The van der Waals surface area contributed by atoms with E-state index < -0.39 is 39.8 Å². The number of aromatic amines is 1. The van der Waals surface area contributed by atoms with Gasteiger partial charge in [-0.3, -0.25) is 4.72 Å². The van der Waals surface area contributed by atoms with Crippen molar-refractivity contribution in [2.45, 2.75) is 31.7 Å². The zero-order chi connectivity index (χ0) is 23.7. The standard InChI is InChI=1S/C21H22F4N2O4S/c1-3-31-19(28)10-15(13-8-7-12(9-17(13)22)21(23,24)25)16-11-26-20-14(16)5-4-6-18(20)27-32(2,29)30/h4-9,11,15,19,26-28H,3,10H2,1-2H3. The lowest BCUT2D eigenvalue weighted by atomic mass is 9.87. The Morgan fingerprint density at radius 3 is 2.50 bits per heavy atom. The number of benzene rings is 2. The molecular weight excluding hydrogens is 452 g/mol. The van der Waals surface area contributed by atoms with Crippen molar-refractivity contribution in [3.63, 3.8) is 0 Å². The number of aliphatic hydroxyl groups is 1. The molecule has 2 aromatic carbocycles. The summed E-state index contributed by atoms with van der Waals surface area (Å²) in [6.07, 6.45) is -3.62. The van der Waals surface area contributed by atoms with Gasteiger partial charge < -0.3 is 14.8 Å². The second kappa shape index (κ2) is 9.08. The van der Waals surface area contributed by atoms with Gasteiger partial charge in [0.25, 0.3) is 0 Å². The maximum absolute atomic E-state index is 14.8. The lowest BCUT2D eigenvalue weighted by Gasteiger charge is -2.22. The van der Waals surface area contributed by atoms with Gasteiger partial charge in [0.15, 0.2) is 6.29 Å². The summed E-state index contributed by atoms with van der Waals surface area (Å²) in [6.45, 7) is 1.84. The van der Waals surface area contributed by atoms with Crippen LogP contribution < -0.4 is 4.72 Å². The van der Waals surface area contributed by atoms with Crippen LogP contribution in [0.4, 0.5) is 23.2 Å². The summed E-state index contributed by atoms with van der Waals surface area (Å²) in [6, 6.07) is 7.03. The van der Waals surface area contributed by atoms with Crippen molar-refractivity contribution in [1.82, 2.24) is 4.98 Å². The highest BCUT2D eigenvalue weighted by Crippen LogP contribution is 2.39. The Labute approximate surface area is 182 Å². The van der Waals surface area contributed by atoms with Crippen molar-refractivity contribution in [3.05, 3.63) is 65.1 Å². The molecule has 0 bridgehead atoms. The Kier molecular flexibility index (Phi) is 6.82. The molecule has 3 N–H and O–H groups in total. The van der Waals surface area contributed by atoms with Gasteiger partial charge in [-0.1, -0.05) is 18.2 Å². The van der Waals surface area contributed by atoms with E-state index in [1.165, 1.54) is 12.3 Å². The second-order valence-corrected chi connectivity index (χ2v) is 9.03. The third-order valence-electron chi connectivity index (χ3n) is 4.92. The fourth-order valence-electron chi connectivity index (χ4n) is 3.62. The van der Waals surface area contributed by atoms with Crippen molar-refractivity contribution in [3.8, 4) is 0 Å². The molecule has 1 aromatic heterocycles. The van der Waals surface area contributed by atoms with Gasteiger partial charge in [0, 0.05) is 30.5 Å². The van der Waals surface area contributed by atoms with Gasteiger partial charge >= 0.3 is 6.18 Å². The molecule has 2 unspecified atom stereocenters. The van der Waals surface area contributed by atoms with Crippen LogP contribution in [0.25, 0.3) is 10.9 Å². The number of anilines is 1. The van der Waals surface area contributed by atoms with Crippen LogP contribution in [0, 0.1) is 5.82 Å². The number of fused-ring (bicyclic) bond motifs is 1. The first kappa shape index (κ1) is 24.0. The largest absolute Gasteiger partial charge is 0.416 e. The highest BCUT2D eigenvalue weighted by molar-refractivity contribution is 7.92. The van der Waals surface area contributed by atoms with E-state index in [2.05, 4.69) is 9.71 Å². The van der Waals surface area contributed by atoms with Gasteiger partial charge in [0.2, 0.25) is 10.0 Å². The molecule has 3 aromatic rings. The molecule has 0 saturated carbocycles. The molecule has 0 aliphatic rings. The van der Waals surface area contributed by atoms with Crippen molar-refractivity contribution >= 4 is 26.6 Å². The van der Waals surface area contributed by atoms with E-state index in [1.54, 1.807) is 19.1 Å². The average molecular weight is 474 g/mol. The number of aromatic nitrogens is 1. The number of para-hydroxylation sites is 1. The second-order valence-electron chi connectivity index (χ2n) is 7.28. The zero-order valence-corrected chi connectivity index (χ0v) is 18.0. The van der Waals surface area contributed by atoms with Crippen LogP contribution in [0.1, 0.15) is 36.0 Å². The molecule has 3 rings (SSSR count). The van der Waals surface area contributed by atoms with Gasteiger partial charge in [0.05, 0.1) is 23.0 Å². The van der Waals surface area contributed by atoms with E-state index in [4.69, 9.17) is 4.74 Å². The zero-order valence-electron chi connectivity index (χ0n) is 17.2. The number of halogens is 4. The Morgan fingerprint density at radius 2 is 1.91 bits per heavy atom. The molecule has 6 nitrogen and oxygen atoms in total. The van der Waals surface area contributed by atoms with E-state index in [9.17, 15) is 31.1 Å². The molecule has 174 valence electrons. The van der Waals surface area contributed by atoms with Gasteiger partial charge in [-0.2, -0.15) is 13.2 Å². The maximum atomic E-state index is 14.8. The first-order valence-corrected chi connectivity index (χ1v) is 11.5. The summed E-state index contributed by atoms with van der Waals surface area (Å²) in [4.78, 5) is 2.94. The number of aliphatic hydroxyl groups excluding tert-OH is 1. The molecule has 0 radical (unpaired) electrons. The quantitative estimate of drug-likeness (QED) is 0.329. The smallest absolute Gasteiger partial charge is 0.368 e. The number of rotatable bonds is 8. The number of hydrogen-bond acceptors (Lipinski definition) is 4. The summed E-state index contributed by atoms with van der Waals surface area (Å²) >= 11 is 0. The molecule has 0 spiro atoms. The van der Waals surface area contributed by atoms with Gasteiger partial charge in [-0.05, 0) is 36.2 Å². The molecule has 11 heteroatoms. The highest BCUT2D eigenvalue weighted by Gasteiger charge is 2.33. The number of hydrogen-bond donors (Lipinski definition) is 3. The Hall–Kier alpha value is -2.63. The summed E-state index contributed by atoms with van der Waals surface area (Å²) in [5.74, 6) is -1.95. The van der Waals surface area contributed by atoms with E-state index in [0.29, 0.717) is 22.5 Å². The molecule has 0 aliphatic carbocycles. The van der Waals surface area contributed by atoms with Crippen LogP contribution in [-0.2, 0) is 20.9 Å². The van der Waals surface area contributed by atoms with Gasteiger partial charge in [-0.15, -0.1) is 0 Å². The lowest BCUT2D eigenvalue weighted by Crippen LogP contribution is -2.18. The van der Waals surface area contributed by atoms with Gasteiger partial charge in [-0.25, -0.2) is 12.8 Å². The predicted octanol–water partition coefficient (Wildman–Crippen LogP) is 4.57. The minimum absolute atomic E-state index is 0.0564. The molecular formula is C21H22F4N2O4S. The SMILES string of the molecule is CCOC(O)CC(c1ccc(C(F)(F)F)cc1F)c1c[nH]c2c(NS(C)(=O)=O)cccc12. The van der Waals surface area contributed by atoms with E-state index in [0.717, 1.165) is 18.4 Å². The molecule has 1 heterocycles. The Morgan fingerprint density at radius 1 is 1.19 bits per heavy atom. The number of ether oxygens (including phenoxy) is 1. The minimum Gasteiger partial charge on any atom is -0.368 e. The van der Waals surface area contributed by atoms with E-state index in [1.807, 2.05) is 0 Å². The monoisotopic (exact) mass is 474 g/mol. The number of nitrogens with one attached hydrogen (secondary N) is 2. The summed E-state index contributed by atoms with van der Waals surface area (Å²) in [5, 5.41) is 10.7. The van der Waals surface area contributed by atoms with Crippen molar-refractivity contribution in [2.75, 3.05) is 17.6 Å². The van der Waals surface area contributed by atoms with Crippen LogP contribution in [0.2, 0.25) is 0 Å². The predicted molar refractivity (Wildman–Crippen MR) is 112 cm³/mol. The van der Waals surface area contributed by atoms with Gasteiger partial charge in [0.1, 0.15) is 5.82 Å². The van der Waals surface area contributed by atoms with E-state index >= 15 is 0 Å². The lowest BCUT2D eigenvalue weighted by molar-refractivity contribution is -0.137. The minimum atomic E-state index is -4.70. The number of alkyl halides is 3. The molecule has 0 amide bonds. The van der Waals surface area contributed by atoms with E-state index in [-0.39, 0.29) is 24.3 Å². The fraction of sp³-hybridized carbons (Fsp3) is 0.333. The van der Waals surface area contributed by atoms with Crippen molar-refractivity contribution in [2.24, 2.45) is 0 Å². The van der Waals surface area contributed by atoms with Crippen molar-refractivity contribution < 1.29 is 35.8 Å². The molecule has 0 saturated heterocycles. The summed E-state index contributed by atoms with van der Waals surface area (Å²) < 4.78 is 84.7. The maximum Gasteiger partial charge on any atom is 0.416 e. The third-order valence-corrected chi connectivity index (χ3v) is 5.51. The molecule has 2 atom stereocenters.